The topological polar surface area (TPSA) is 142 Å². The Bertz CT molecular complexity index is 1770. The van der Waals surface area contributed by atoms with Gasteiger partial charge in [0, 0.05) is 23.2 Å². The first kappa shape index (κ1) is 30.5. The predicted molar refractivity (Wildman–Crippen MR) is 162 cm³/mol. The number of nitriles is 1. The highest BCUT2D eigenvalue weighted by molar-refractivity contribution is 7.91. The van der Waals surface area contributed by atoms with Gasteiger partial charge in [-0.15, -0.1) is 0 Å². The summed E-state index contributed by atoms with van der Waals surface area (Å²) in [6, 6.07) is 20.5. The molecule has 0 amide bonds. The monoisotopic (exact) mass is 593 g/mol. The zero-order chi connectivity index (χ0) is 29.5. The first-order chi connectivity index (χ1) is 19.6. The van der Waals surface area contributed by atoms with Gasteiger partial charge in [0.2, 0.25) is 0 Å². The number of nitrogens with zero attached hydrogens (tertiary/aromatic N) is 3. The summed E-state index contributed by atoms with van der Waals surface area (Å²) >= 11 is 0. The van der Waals surface area contributed by atoms with Crippen molar-refractivity contribution >= 4 is 41.5 Å². The fraction of sp³-hybridized carbons (Fsp3) is 0.367. The van der Waals surface area contributed by atoms with E-state index in [0.717, 1.165) is 21.8 Å². The molecule has 0 fully saturated rings. The number of nitrogens with one attached hydrogen (secondary N) is 2. The number of benzene rings is 2. The third-order valence-corrected chi connectivity index (χ3v) is 10.7. The van der Waals surface area contributed by atoms with Crippen molar-refractivity contribution in [3.63, 3.8) is 0 Å². The van der Waals surface area contributed by atoms with Crippen molar-refractivity contribution < 1.29 is 16.8 Å². The van der Waals surface area contributed by atoms with Crippen molar-refractivity contribution in [2.45, 2.75) is 55.7 Å². The van der Waals surface area contributed by atoms with E-state index < -0.39 is 36.5 Å². The summed E-state index contributed by atoms with van der Waals surface area (Å²) in [6.45, 7) is 3.50. The number of sulfone groups is 2. The quantitative estimate of drug-likeness (QED) is 0.162. The zero-order valence-electron chi connectivity index (χ0n) is 23.2. The van der Waals surface area contributed by atoms with Gasteiger partial charge >= 0.3 is 0 Å². The molecule has 2 atom stereocenters. The smallest absolute Gasteiger partial charge is 0.170 e. The second-order valence-corrected chi connectivity index (χ2v) is 14.5. The second kappa shape index (κ2) is 13.0. The molecule has 216 valence electrons. The molecule has 0 saturated carbocycles. The van der Waals surface area contributed by atoms with E-state index in [4.69, 9.17) is 0 Å². The van der Waals surface area contributed by atoms with Crippen molar-refractivity contribution in [2.24, 2.45) is 0 Å². The lowest BCUT2D eigenvalue weighted by Gasteiger charge is -2.37. The van der Waals surface area contributed by atoms with E-state index in [9.17, 15) is 22.1 Å². The molecule has 0 radical (unpaired) electrons. The first-order valence-electron chi connectivity index (χ1n) is 13.6. The van der Waals surface area contributed by atoms with Crippen molar-refractivity contribution in [3.05, 3.63) is 84.2 Å². The van der Waals surface area contributed by atoms with Crippen molar-refractivity contribution in [1.29, 1.82) is 5.26 Å². The van der Waals surface area contributed by atoms with E-state index >= 15 is 0 Å². The number of hydrogen-bond donors (Lipinski definition) is 2. The molecule has 0 spiro atoms. The average molecular weight is 594 g/mol. The molecule has 0 aliphatic heterocycles. The van der Waals surface area contributed by atoms with Gasteiger partial charge in [0.1, 0.15) is 5.37 Å². The molecular weight excluding hydrogens is 558 g/mol. The van der Waals surface area contributed by atoms with Crippen LogP contribution in [0.5, 0.6) is 0 Å². The lowest BCUT2D eigenvalue weighted by atomic mass is 10.1. The Morgan fingerprint density at radius 2 is 1.44 bits per heavy atom. The van der Waals surface area contributed by atoms with Gasteiger partial charge in [-0.25, -0.2) is 16.8 Å². The highest BCUT2D eigenvalue weighted by Crippen LogP contribution is 2.23. The molecule has 41 heavy (non-hydrogen) atoms. The second-order valence-electron chi connectivity index (χ2n) is 10.3. The number of para-hydroxylation sites is 2. The van der Waals surface area contributed by atoms with Gasteiger partial charge in [-0.2, -0.15) is 5.26 Å². The summed E-state index contributed by atoms with van der Waals surface area (Å²) in [5.41, 5.74) is 1.29. The normalized spacial score (nSPS) is 14.5. The Labute approximate surface area is 241 Å². The van der Waals surface area contributed by atoms with Crippen LogP contribution in [-0.4, -0.2) is 50.1 Å². The van der Waals surface area contributed by atoms with Gasteiger partial charge < -0.3 is 0 Å². The van der Waals surface area contributed by atoms with Crippen LogP contribution >= 0.6 is 0 Å². The minimum atomic E-state index is -3.79. The molecule has 4 rings (SSSR count). The SMILES string of the molecule is CCC[C@@H](N[C@@](CC)(CS(=O)(=O)Cc1cnc2ccccc2c1)NCC#N)S(=O)(=O)Cc1cnc2ccccc2c1. The number of fused-ring (bicyclic) bond motifs is 2. The van der Waals surface area contributed by atoms with Crippen molar-refractivity contribution in [3.8, 4) is 6.07 Å². The van der Waals surface area contributed by atoms with E-state index in [2.05, 4.69) is 20.6 Å². The maximum Gasteiger partial charge on any atom is 0.170 e. The molecule has 2 aromatic carbocycles. The van der Waals surface area contributed by atoms with Crippen LogP contribution in [0, 0.1) is 11.3 Å². The average Bonchev–Trinajstić information content (AvgIpc) is 2.95. The van der Waals surface area contributed by atoms with Gasteiger partial charge in [0.05, 0.1) is 46.6 Å². The standard InChI is InChI=1S/C30H35N5O4S2/c1-3-9-29(41(38,39)21-24-17-26-11-6-8-13-28(26)33-19-24)35-30(4-2,34-15-14-31)22-40(36,37)20-23-16-25-10-5-7-12-27(25)32-18-23/h5-8,10-13,16-19,29,34-35H,3-4,9,15,20-22H2,1-2H3/t29-,30-/m0/s1. The third-order valence-electron chi connectivity index (χ3n) is 7.05. The summed E-state index contributed by atoms with van der Waals surface area (Å²) in [5, 5.41) is 16.1. The summed E-state index contributed by atoms with van der Waals surface area (Å²) in [4.78, 5) is 8.76. The maximum atomic E-state index is 13.7. The Kier molecular flexibility index (Phi) is 9.71. The number of aromatic nitrogens is 2. The van der Waals surface area contributed by atoms with Crippen LogP contribution in [0.3, 0.4) is 0 Å². The highest BCUT2D eigenvalue weighted by atomic mass is 32.2. The highest BCUT2D eigenvalue weighted by Gasteiger charge is 2.39. The lowest BCUT2D eigenvalue weighted by Crippen LogP contribution is -2.64. The molecule has 0 aliphatic rings. The molecule has 2 N–H and O–H groups in total. The van der Waals surface area contributed by atoms with E-state index in [0.29, 0.717) is 17.5 Å². The summed E-state index contributed by atoms with van der Waals surface area (Å²) in [6.07, 6.45) is 4.17. The van der Waals surface area contributed by atoms with Crippen molar-refractivity contribution in [2.75, 3.05) is 12.3 Å². The van der Waals surface area contributed by atoms with Crippen LogP contribution in [0.4, 0.5) is 0 Å². The first-order valence-corrected chi connectivity index (χ1v) is 17.1. The van der Waals surface area contributed by atoms with Crippen LogP contribution in [0.15, 0.2) is 73.1 Å². The Hall–Kier alpha value is -3.43. The molecule has 2 aromatic heterocycles. The molecule has 11 heteroatoms. The van der Waals surface area contributed by atoms with E-state index in [1.54, 1.807) is 25.4 Å². The van der Waals surface area contributed by atoms with Crippen LogP contribution in [-0.2, 0) is 31.2 Å². The third kappa shape index (κ3) is 7.86. The Morgan fingerprint density at radius 1 is 0.878 bits per heavy atom. The fourth-order valence-corrected chi connectivity index (χ4v) is 8.73. The molecule has 0 bridgehead atoms. The maximum absolute atomic E-state index is 13.7. The Morgan fingerprint density at radius 3 is 1.98 bits per heavy atom. The summed E-state index contributed by atoms with van der Waals surface area (Å²) in [5.74, 6) is -0.926. The lowest BCUT2D eigenvalue weighted by molar-refractivity contribution is 0.270. The summed E-state index contributed by atoms with van der Waals surface area (Å²) in [7, 11) is -7.56. The number of pyridine rings is 2. The summed E-state index contributed by atoms with van der Waals surface area (Å²) < 4.78 is 54.5. The molecule has 0 unspecified atom stereocenters. The van der Waals surface area contributed by atoms with Crippen LogP contribution in [0.25, 0.3) is 21.8 Å². The minimum Gasteiger partial charge on any atom is -0.286 e. The van der Waals surface area contributed by atoms with Crippen molar-refractivity contribution in [1.82, 2.24) is 20.6 Å². The minimum absolute atomic E-state index is 0.151. The predicted octanol–water partition coefficient (Wildman–Crippen LogP) is 4.25. The van der Waals surface area contributed by atoms with Crippen LogP contribution in [0.1, 0.15) is 44.2 Å². The van der Waals surface area contributed by atoms with Crippen LogP contribution < -0.4 is 10.6 Å². The molecular formula is C30H35N5O4S2. The van der Waals surface area contributed by atoms with E-state index in [-0.39, 0.29) is 30.9 Å². The fourth-order valence-electron chi connectivity index (χ4n) is 5.00. The van der Waals surface area contributed by atoms with Gasteiger partial charge in [-0.05, 0) is 48.2 Å². The molecule has 9 nitrogen and oxygen atoms in total. The molecule has 0 aliphatic carbocycles. The largest absolute Gasteiger partial charge is 0.286 e. The zero-order valence-corrected chi connectivity index (χ0v) is 24.9. The molecule has 4 aromatic rings. The van der Waals surface area contributed by atoms with Gasteiger partial charge in [0.15, 0.2) is 19.7 Å². The Balaban J connectivity index is 1.60. The van der Waals surface area contributed by atoms with Gasteiger partial charge in [0.25, 0.3) is 0 Å². The van der Waals surface area contributed by atoms with Gasteiger partial charge in [-0.3, -0.25) is 20.6 Å². The molecule has 0 saturated heterocycles. The molecule has 2 heterocycles. The van der Waals surface area contributed by atoms with Gasteiger partial charge in [-0.1, -0.05) is 56.7 Å². The van der Waals surface area contributed by atoms with Crippen LogP contribution in [0.2, 0.25) is 0 Å². The van der Waals surface area contributed by atoms with E-state index in [1.807, 2.05) is 67.6 Å². The number of hydrogen-bond acceptors (Lipinski definition) is 9. The van der Waals surface area contributed by atoms with E-state index in [1.165, 1.54) is 0 Å². The number of rotatable bonds is 14.